The molecule has 4 rings (SSSR count). The van der Waals surface area contributed by atoms with Gasteiger partial charge in [0, 0.05) is 19.1 Å². The number of nitriles is 1. The Labute approximate surface area is 212 Å². The van der Waals surface area contributed by atoms with Crippen molar-refractivity contribution in [2.75, 3.05) is 13.2 Å². The molecule has 188 valence electrons. The molecule has 0 bridgehead atoms. The summed E-state index contributed by atoms with van der Waals surface area (Å²) in [4.78, 5) is 0. The molecule has 2 aliphatic rings. The lowest BCUT2D eigenvalue weighted by molar-refractivity contribution is 0.270. The van der Waals surface area contributed by atoms with Crippen LogP contribution >= 0.6 is 0 Å². The lowest BCUT2D eigenvalue weighted by Crippen LogP contribution is -2.32. The van der Waals surface area contributed by atoms with Crippen LogP contribution in [-0.2, 0) is 23.7 Å². The topological polar surface area (TPSA) is 64.2 Å². The van der Waals surface area contributed by atoms with E-state index >= 15 is 0 Å². The van der Waals surface area contributed by atoms with E-state index in [1.165, 1.54) is 59.1 Å². The number of nitrogens with zero attached hydrogens (tertiary/aromatic N) is 1. The first-order chi connectivity index (χ1) is 16.8. The summed E-state index contributed by atoms with van der Waals surface area (Å²) >= 11 is 0. The van der Waals surface area contributed by atoms with Crippen molar-refractivity contribution in [3.63, 3.8) is 0 Å². The maximum Gasteiger partial charge on any atom is 0.0997 e. The summed E-state index contributed by atoms with van der Waals surface area (Å²) < 4.78 is 0. The standard InChI is InChI=1S/C32H43NO2/c1-22(26-17-24(9-5-15-34)19-29(23(26)2)31(3)11-7-12-31)27-18-25(10-6-16-35)20-30(28(27)21-33)32(4)13-8-14-32/h17-20,22,34-35H,5-16H2,1-4H3. The van der Waals surface area contributed by atoms with Gasteiger partial charge in [-0.25, -0.2) is 0 Å². The highest BCUT2D eigenvalue weighted by Gasteiger charge is 2.38. The van der Waals surface area contributed by atoms with E-state index < -0.39 is 0 Å². The van der Waals surface area contributed by atoms with Crippen LogP contribution in [0.15, 0.2) is 24.3 Å². The molecule has 2 aromatic rings. The van der Waals surface area contributed by atoms with Crippen molar-refractivity contribution < 1.29 is 10.2 Å². The van der Waals surface area contributed by atoms with Gasteiger partial charge in [0.1, 0.15) is 0 Å². The van der Waals surface area contributed by atoms with E-state index in [1.807, 2.05) is 0 Å². The van der Waals surface area contributed by atoms with Crippen molar-refractivity contribution in [1.29, 1.82) is 5.26 Å². The first-order valence-corrected chi connectivity index (χ1v) is 13.7. The minimum absolute atomic E-state index is 0.0807. The van der Waals surface area contributed by atoms with Gasteiger partial charge in [-0.05, 0) is 108 Å². The van der Waals surface area contributed by atoms with Crippen LogP contribution in [0, 0.1) is 18.3 Å². The normalized spacial score (nSPS) is 18.9. The van der Waals surface area contributed by atoms with Crippen LogP contribution in [0.5, 0.6) is 0 Å². The lowest BCUT2D eigenvalue weighted by atomic mass is 9.63. The third-order valence-electron chi connectivity index (χ3n) is 9.24. The number of rotatable bonds is 10. The Kier molecular flexibility index (Phi) is 7.74. The molecule has 2 N–H and O–H groups in total. The molecule has 35 heavy (non-hydrogen) atoms. The molecule has 3 heteroatoms. The SMILES string of the molecule is Cc1c(C(C)c2cc(CCCO)cc(C3(C)CCC3)c2C#N)cc(CCCO)cc1C1(C)CCC1. The fraction of sp³-hybridized carbons (Fsp3) is 0.594. The van der Waals surface area contributed by atoms with Gasteiger partial charge < -0.3 is 10.2 Å². The minimum atomic E-state index is 0.0807. The van der Waals surface area contributed by atoms with Crippen LogP contribution in [-0.4, -0.2) is 23.4 Å². The maximum atomic E-state index is 10.4. The van der Waals surface area contributed by atoms with Crippen LogP contribution in [0.4, 0.5) is 0 Å². The third-order valence-corrected chi connectivity index (χ3v) is 9.24. The molecular formula is C32H43NO2. The Morgan fingerprint density at radius 3 is 1.77 bits per heavy atom. The summed E-state index contributed by atoms with van der Waals surface area (Å²) in [7, 11) is 0. The monoisotopic (exact) mass is 473 g/mol. The van der Waals surface area contributed by atoms with Crippen LogP contribution in [0.3, 0.4) is 0 Å². The average molecular weight is 474 g/mol. The van der Waals surface area contributed by atoms with Gasteiger partial charge in [0.25, 0.3) is 0 Å². The second-order valence-corrected chi connectivity index (χ2v) is 11.8. The summed E-state index contributed by atoms with van der Waals surface area (Å²) in [6.07, 6.45) is 10.5. The number of aliphatic hydroxyl groups excluding tert-OH is 2. The summed E-state index contributed by atoms with van der Waals surface area (Å²) in [5.41, 5.74) is 10.2. The zero-order valence-corrected chi connectivity index (χ0v) is 22.2. The third kappa shape index (κ3) is 4.93. The minimum Gasteiger partial charge on any atom is -0.396 e. The zero-order valence-electron chi connectivity index (χ0n) is 22.2. The smallest absolute Gasteiger partial charge is 0.0997 e. The number of aryl methyl sites for hydroxylation is 2. The Morgan fingerprint density at radius 2 is 1.31 bits per heavy atom. The maximum absolute atomic E-state index is 10.4. The average Bonchev–Trinajstić information content (AvgIpc) is 2.82. The van der Waals surface area contributed by atoms with E-state index in [2.05, 4.69) is 58.0 Å². The second kappa shape index (κ2) is 10.5. The van der Waals surface area contributed by atoms with E-state index in [1.54, 1.807) is 0 Å². The summed E-state index contributed by atoms with van der Waals surface area (Å²) in [6, 6.07) is 11.9. The first kappa shape index (κ1) is 25.9. The Balaban J connectivity index is 1.86. The van der Waals surface area contributed by atoms with Crippen molar-refractivity contribution in [2.24, 2.45) is 0 Å². The predicted octanol–water partition coefficient (Wildman–Crippen LogP) is 6.75. The van der Waals surface area contributed by atoms with Crippen molar-refractivity contribution in [2.45, 2.75) is 109 Å². The molecule has 2 aliphatic carbocycles. The fourth-order valence-electron chi connectivity index (χ4n) is 6.52. The molecule has 1 unspecified atom stereocenters. The van der Waals surface area contributed by atoms with Gasteiger partial charge in [0.2, 0.25) is 0 Å². The van der Waals surface area contributed by atoms with Gasteiger partial charge in [0.15, 0.2) is 0 Å². The van der Waals surface area contributed by atoms with Gasteiger partial charge in [-0.3, -0.25) is 0 Å². The van der Waals surface area contributed by atoms with Gasteiger partial charge in [0.05, 0.1) is 11.6 Å². The molecule has 3 nitrogen and oxygen atoms in total. The fourth-order valence-corrected chi connectivity index (χ4v) is 6.52. The summed E-state index contributed by atoms with van der Waals surface area (Å²) in [6.45, 7) is 9.65. The highest BCUT2D eigenvalue weighted by Crippen LogP contribution is 2.49. The molecule has 2 aromatic carbocycles. The molecule has 0 aromatic heterocycles. The van der Waals surface area contributed by atoms with E-state index in [4.69, 9.17) is 0 Å². The molecule has 0 radical (unpaired) electrons. The lowest BCUT2D eigenvalue weighted by Gasteiger charge is -2.41. The highest BCUT2D eigenvalue weighted by atomic mass is 16.3. The van der Waals surface area contributed by atoms with Gasteiger partial charge in [-0.1, -0.05) is 57.9 Å². The van der Waals surface area contributed by atoms with E-state index in [9.17, 15) is 15.5 Å². The number of hydrogen-bond acceptors (Lipinski definition) is 3. The van der Waals surface area contributed by atoms with Crippen LogP contribution in [0.1, 0.15) is 123 Å². The van der Waals surface area contributed by atoms with Crippen molar-refractivity contribution in [1.82, 2.24) is 0 Å². The van der Waals surface area contributed by atoms with Crippen molar-refractivity contribution in [3.8, 4) is 6.07 Å². The van der Waals surface area contributed by atoms with Gasteiger partial charge in [-0.2, -0.15) is 5.26 Å². The van der Waals surface area contributed by atoms with Crippen molar-refractivity contribution >= 4 is 0 Å². The van der Waals surface area contributed by atoms with Gasteiger partial charge in [-0.15, -0.1) is 0 Å². The van der Waals surface area contributed by atoms with Crippen LogP contribution in [0.25, 0.3) is 0 Å². The molecule has 2 saturated carbocycles. The Bertz CT molecular complexity index is 1100. The Hall–Kier alpha value is -2.15. The highest BCUT2D eigenvalue weighted by molar-refractivity contribution is 5.56. The summed E-state index contributed by atoms with van der Waals surface area (Å²) in [5, 5.41) is 29.3. The number of hydrogen-bond donors (Lipinski definition) is 2. The molecular weight excluding hydrogens is 430 g/mol. The molecule has 0 saturated heterocycles. The van der Waals surface area contributed by atoms with Crippen LogP contribution < -0.4 is 0 Å². The molecule has 0 heterocycles. The first-order valence-electron chi connectivity index (χ1n) is 13.7. The second-order valence-electron chi connectivity index (χ2n) is 11.8. The zero-order chi connectivity index (χ0) is 25.2. The van der Waals surface area contributed by atoms with E-state index in [0.29, 0.717) is 0 Å². The van der Waals surface area contributed by atoms with E-state index in [-0.39, 0.29) is 30.0 Å². The molecule has 1 atom stereocenters. The quantitative estimate of drug-likeness (QED) is 0.401. The summed E-state index contributed by atoms with van der Waals surface area (Å²) in [5.74, 6) is 0.109. The molecule has 0 spiro atoms. The molecule has 0 amide bonds. The predicted molar refractivity (Wildman–Crippen MR) is 143 cm³/mol. The number of benzene rings is 2. The van der Waals surface area contributed by atoms with E-state index in [0.717, 1.165) is 49.7 Å². The van der Waals surface area contributed by atoms with Crippen molar-refractivity contribution in [3.05, 3.63) is 68.8 Å². The van der Waals surface area contributed by atoms with Gasteiger partial charge >= 0.3 is 0 Å². The molecule has 0 aliphatic heterocycles. The van der Waals surface area contributed by atoms with Crippen LogP contribution in [0.2, 0.25) is 0 Å². The Morgan fingerprint density at radius 1 is 0.829 bits per heavy atom. The molecule has 2 fully saturated rings. The number of aliphatic hydroxyl groups is 2. The largest absolute Gasteiger partial charge is 0.396 e.